The van der Waals surface area contributed by atoms with E-state index < -0.39 is 0 Å². The minimum Gasteiger partial charge on any atom is -0.378 e. The van der Waals surface area contributed by atoms with Crippen molar-refractivity contribution in [3.8, 4) is 0 Å². The number of hydrogen-bond acceptors (Lipinski definition) is 3. The fraction of sp³-hybridized carbons (Fsp3) is 0.615. The lowest BCUT2D eigenvalue weighted by molar-refractivity contribution is 0.0458. The van der Waals surface area contributed by atoms with Gasteiger partial charge in [-0.05, 0) is 54.2 Å². The summed E-state index contributed by atoms with van der Waals surface area (Å²) in [5.41, 5.74) is 1.23. The van der Waals surface area contributed by atoms with Gasteiger partial charge in [-0.15, -0.1) is 0 Å². The largest absolute Gasteiger partial charge is 0.378 e. The molecule has 0 spiro atoms. The number of aromatic nitrogens is 1. The lowest BCUT2D eigenvalue weighted by atomic mass is 10.1. The number of piperidine rings is 1. The Kier molecular flexibility index (Phi) is 4.40. The van der Waals surface area contributed by atoms with Gasteiger partial charge in [-0.3, -0.25) is 0 Å². The third-order valence-corrected chi connectivity index (χ3v) is 3.59. The van der Waals surface area contributed by atoms with E-state index in [2.05, 4.69) is 45.7 Å². The average molecular weight is 299 g/mol. The van der Waals surface area contributed by atoms with E-state index in [0.29, 0.717) is 6.10 Å². The topological polar surface area (TPSA) is 25.4 Å². The Morgan fingerprint density at radius 2 is 2.18 bits per heavy atom. The Balaban J connectivity index is 2.00. The first-order valence-corrected chi connectivity index (χ1v) is 6.98. The molecule has 0 N–H and O–H groups in total. The summed E-state index contributed by atoms with van der Waals surface area (Å²) in [4.78, 5) is 6.87. The molecule has 0 bridgehead atoms. The SMILES string of the molecule is CCOC1CCN(c2ncc(Br)cc2C)CC1. The number of hydrogen-bond donors (Lipinski definition) is 0. The summed E-state index contributed by atoms with van der Waals surface area (Å²) in [5.74, 6) is 1.11. The summed E-state index contributed by atoms with van der Waals surface area (Å²) >= 11 is 3.45. The molecule has 1 fully saturated rings. The van der Waals surface area contributed by atoms with Gasteiger partial charge in [-0.25, -0.2) is 4.98 Å². The number of anilines is 1. The van der Waals surface area contributed by atoms with Crippen molar-refractivity contribution in [3.63, 3.8) is 0 Å². The summed E-state index contributed by atoms with van der Waals surface area (Å²) in [6.45, 7) is 7.08. The molecule has 0 amide bonds. The van der Waals surface area contributed by atoms with E-state index in [0.717, 1.165) is 42.8 Å². The van der Waals surface area contributed by atoms with Crippen LogP contribution in [-0.4, -0.2) is 30.8 Å². The second kappa shape index (κ2) is 5.83. The van der Waals surface area contributed by atoms with Crippen molar-refractivity contribution in [1.29, 1.82) is 0 Å². The van der Waals surface area contributed by atoms with Crippen molar-refractivity contribution in [2.24, 2.45) is 0 Å². The summed E-state index contributed by atoms with van der Waals surface area (Å²) in [7, 11) is 0. The number of halogens is 1. The first-order chi connectivity index (χ1) is 8.20. The van der Waals surface area contributed by atoms with Gasteiger partial charge < -0.3 is 9.64 Å². The maximum absolute atomic E-state index is 5.66. The molecule has 0 aliphatic carbocycles. The van der Waals surface area contributed by atoms with Crippen LogP contribution in [0.3, 0.4) is 0 Å². The first kappa shape index (κ1) is 12.8. The molecular formula is C13H19BrN2O. The molecule has 0 aromatic carbocycles. The van der Waals surface area contributed by atoms with E-state index in [9.17, 15) is 0 Å². The lowest BCUT2D eigenvalue weighted by Gasteiger charge is -2.33. The Hall–Kier alpha value is -0.610. The zero-order chi connectivity index (χ0) is 12.3. The molecule has 1 aliphatic heterocycles. The Bertz CT molecular complexity index is 376. The van der Waals surface area contributed by atoms with Crippen LogP contribution < -0.4 is 4.90 Å². The Labute approximate surface area is 111 Å². The minimum absolute atomic E-state index is 0.437. The van der Waals surface area contributed by atoms with Gasteiger partial charge in [0.15, 0.2) is 0 Å². The van der Waals surface area contributed by atoms with E-state index in [4.69, 9.17) is 4.74 Å². The minimum atomic E-state index is 0.437. The average Bonchev–Trinajstić information content (AvgIpc) is 2.31. The standard InChI is InChI=1S/C13H19BrN2O/c1-3-17-12-4-6-16(7-5-12)13-10(2)8-11(14)9-15-13/h8-9,12H,3-7H2,1-2H3. The molecule has 0 saturated carbocycles. The van der Waals surface area contributed by atoms with Crippen LogP contribution in [0.15, 0.2) is 16.7 Å². The molecule has 1 saturated heterocycles. The number of rotatable bonds is 3. The van der Waals surface area contributed by atoms with Crippen LogP contribution in [0.1, 0.15) is 25.3 Å². The van der Waals surface area contributed by atoms with Crippen molar-refractivity contribution in [3.05, 3.63) is 22.3 Å². The predicted molar refractivity (Wildman–Crippen MR) is 73.5 cm³/mol. The molecule has 1 aliphatic rings. The van der Waals surface area contributed by atoms with Crippen molar-refractivity contribution in [2.75, 3.05) is 24.6 Å². The summed E-state index contributed by atoms with van der Waals surface area (Å²) < 4.78 is 6.71. The highest BCUT2D eigenvalue weighted by molar-refractivity contribution is 9.10. The van der Waals surface area contributed by atoms with Gasteiger partial charge in [0.1, 0.15) is 5.82 Å². The Morgan fingerprint density at radius 1 is 1.47 bits per heavy atom. The van der Waals surface area contributed by atoms with Gasteiger partial charge in [-0.1, -0.05) is 0 Å². The van der Waals surface area contributed by atoms with Gasteiger partial charge >= 0.3 is 0 Å². The molecule has 0 radical (unpaired) electrons. The Morgan fingerprint density at radius 3 is 2.76 bits per heavy atom. The van der Waals surface area contributed by atoms with Gasteiger partial charge in [0.25, 0.3) is 0 Å². The first-order valence-electron chi connectivity index (χ1n) is 6.19. The van der Waals surface area contributed by atoms with Crippen molar-refractivity contribution < 1.29 is 4.74 Å². The maximum atomic E-state index is 5.66. The molecule has 0 unspecified atom stereocenters. The highest BCUT2D eigenvalue weighted by atomic mass is 79.9. The molecular weight excluding hydrogens is 280 g/mol. The van der Waals surface area contributed by atoms with E-state index in [1.54, 1.807) is 0 Å². The molecule has 1 aromatic rings. The second-order valence-electron chi connectivity index (χ2n) is 4.44. The second-order valence-corrected chi connectivity index (χ2v) is 5.35. The fourth-order valence-corrected chi connectivity index (χ4v) is 2.78. The van der Waals surface area contributed by atoms with Crippen molar-refractivity contribution in [2.45, 2.75) is 32.8 Å². The maximum Gasteiger partial charge on any atom is 0.131 e. The van der Waals surface area contributed by atoms with Crippen LogP contribution in [0, 0.1) is 6.92 Å². The number of pyridine rings is 1. The zero-order valence-corrected chi connectivity index (χ0v) is 12.0. The zero-order valence-electron chi connectivity index (χ0n) is 10.4. The van der Waals surface area contributed by atoms with Gasteiger partial charge in [0.2, 0.25) is 0 Å². The van der Waals surface area contributed by atoms with Crippen LogP contribution >= 0.6 is 15.9 Å². The number of ether oxygens (including phenoxy) is 1. The monoisotopic (exact) mass is 298 g/mol. The quantitative estimate of drug-likeness (QED) is 0.857. The van der Waals surface area contributed by atoms with Crippen LogP contribution in [-0.2, 0) is 4.74 Å². The van der Waals surface area contributed by atoms with Crippen molar-refractivity contribution >= 4 is 21.7 Å². The van der Waals surface area contributed by atoms with Crippen LogP contribution in [0.4, 0.5) is 5.82 Å². The third-order valence-electron chi connectivity index (χ3n) is 3.16. The molecule has 3 nitrogen and oxygen atoms in total. The van der Waals surface area contributed by atoms with Crippen molar-refractivity contribution in [1.82, 2.24) is 4.98 Å². The van der Waals surface area contributed by atoms with Gasteiger partial charge in [0.05, 0.1) is 6.10 Å². The van der Waals surface area contributed by atoms with Crippen LogP contribution in [0.2, 0.25) is 0 Å². The van der Waals surface area contributed by atoms with E-state index in [1.807, 2.05) is 6.20 Å². The van der Waals surface area contributed by atoms with E-state index in [1.165, 1.54) is 5.56 Å². The summed E-state index contributed by atoms with van der Waals surface area (Å²) in [6, 6.07) is 2.12. The highest BCUT2D eigenvalue weighted by Gasteiger charge is 2.21. The van der Waals surface area contributed by atoms with E-state index >= 15 is 0 Å². The lowest BCUT2D eigenvalue weighted by Crippen LogP contribution is -2.37. The molecule has 94 valence electrons. The third kappa shape index (κ3) is 3.19. The molecule has 2 rings (SSSR count). The molecule has 1 aromatic heterocycles. The molecule has 4 heteroatoms. The van der Waals surface area contributed by atoms with Crippen LogP contribution in [0.25, 0.3) is 0 Å². The van der Waals surface area contributed by atoms with E-state index in [-0.39, 0.29) is 0 Å². The van der Waals surface area contributed by atoms with Gasteiger partial charge in [-0.2, -0.15) is 0 Å². The fourth-order valence-electron chi connectivity index (χ4n) is 2.33. The predicted octanol–water partition coefficient (Wildman–Crippen LogP) is 3.16. The highest BCUT2D eigenvalue weighted by Crippen LogP contribution is 2.24. The molecule has 17 heavy (non-hydrogen) atoms. The number of nitrogens with zero attached hydrogens (tertiary/aromatic N) is 2. The summed E-state index contributed by atoms with van der Waals surface area (Å²) in [6.07, 6.45) is 4.51. The van der Waals surface area contributed by atoms with Gasteiger partial charge in [0, 0.05) is 30.4 Å². The van der Waals surface area contributed by atoms with Crippen LogP contribution in [0.5, 0.6) is 0 Å². The number of aryl methyl sites for hydroxylation is 1. The molecule has 2 heterocycles. The summed E-state index contributed by atoms with van der Waals surface area (Å²) in [5, 5.41) is 0. The normalized spacial score (nSPS) is 17.5. The molecule has 0 atom stereocenters. The smallest absolute Gasteiger partial charge is 0.131 e.